The van der Waals surface area contributed by atoms with Gasteiger partial charge in [0.15, 0.2) is 0 Å². The summed E-state index contributed by atoms with van der Waals surface area (Å²) in [5.74, 6) is 0.635. The predicted molar refractivity (Wildman–Crippen MR) is 80.8 cm³/mol. The monoisotopic (exact) mass is 287 g/mol. The van der Waals surface area contributed by atoms with Crippen LogP contribution in [0.1, 0.15) is 38.4 Å². The molecule has 0 saturated heterocycles. The van der Waals surface area contributed by atoms with Crippen molar-refractivity contribution in [2.75, 3.05) is 6.54 Å². The Hall–Kier alpha value is -1.81. The summed E-state index contributed by atoms with van der Waals surface area (Å²) in [7, 11) is 0. The number of para-hydroxylation sites is 1. The summed E-state index contributed by atoms with van der Waals surface area (Å²) in [6, 6.07) is 9.46. The molecule has 1 saturated carbocycles. The largest absolute Gasteiger partial charge is 0.458 e. The maximum atomic E-state index is 12.0. The molecule has 0 radical (unpaired) electrons. The third kappa shape index (κ3) is 2.95. The van der Waals surface area contributed by atoms with Crippen molar-refractivity contribution in [2.24, 2.45) is 5.92 Å². The Morgan fingerprint density at radius 1 is 1.38 bits per heavy atom. The van der Waals surface area contributed by atoms with Gasteiger partial charge in [0.2, 0.25) is 5.91 Å². The number of rotatable bonds is 4. The first kappa shape index (κ1) is 14.1. The van der Waals surface area contributed by atoms with E-state index in [4.69, 9.17) is 4.42 Å². The zero-order valence-electron chi connectivity index (χ0n) is 12.3. The maximum Gasteiger partial charge on any atom is 0.223 e. The van der Waals surface area contributed by atoms with Gasteiger partial charge in [-0.1, -0.05) is 31.0 Å². The van der Waals surface area contributed by atoms with Crippen LogP contribution in [-0.4, -0.2) is 17.6 Å². The Kier molecular flexibility index (Phi) is 3.72. The molecule has 1 aromatic carbocycles. The fraction of sp³-hybridized carbons (Fsp3) is 0.471. The average Bonchev–Trinajstić information content (AvgIpc) is 3.13. The van der Waals surface area contributed by atoms with E-state index in [9.17, 15) is 9.90 Å². The van der Waals surface area contributed by atoms with E-state index in [1.165, 1.54) is 0 Å². The minimum Gasteiger partial charge on any atom is -0.458 e. The molecule has 0 aliphatic heterocycles. The third-order valence-corrected chi connectivity index (χ3v) is 4.29. The van der Waals surface area contributed by atoms with Crippen LogP contribution in [-0.2, 0) is 10.4 Å². The minimum atomic E-state index is -1.20. The molecular formula is C17H21NO3. The van der Waals surface area contributed by atoms with Gasteiger partial charge in [0.25, 0.3) is 0 Å². The van der Waals surface area contributed by atoms with Crippen LogP contribution < -0.4 is 5.32 Å². The zero-order chi connectivity index (χ0) is 14.9. The lowest BCUT2D eigenvalue weighted by atomic mass is 10.0. The Bertz CT molecular complexity index is 605. The van der Waals surface area contributed by atoms with Gasteiger partial charge in [0, 0.05) is 11.3 Å². The number of carbonyl (C=O) groups excluding carboxylic acids is 1. The molecule has 4 heteroatoms. The van der Waals surface area contributed by atoms with Crippen LogP contribution in [0, 0.1) is 5.92 Å². The summed E-state index contributed by atoms with van der Waals surface area (Å²) >= 11 is 0. The van der Waals surface area contributed by atoms with Gasteiger partial charge in [-0.15, -0.1) is 0 Å². The van der Waals surface area contributed by atoms with Crippen molar-refractivity contribution in [3.05, 3.63) is 36.1 Å². The molecule has 1 aliphatic carbocycles. The summed E-state index contributed by atoms with van der Waals surface area (Å²) < 4.78 is 5.69. The zero-order valence-corrected chi connectivity index (χ0v) is 12.3. The number of carbonyl (C=O) groups is 1. The number of fused-ring (bicyclic) bond motifs is 1. The van der Waals surface area contributed by atoms with E-state index >= 15 is 0 Å². The van der Waals surface area contributed by atoms with Crippen molar-refractivity contribution < 1.29 is 14.3 Å². The van der Waals surface area contributed by atoms with E-state index in [2.05, 4.69) is 5.32 Å². The van der Waals surface area contributed by atoms with E-state index in [0.717, 1.165) is 36.7 Å². The normalized spacial score (nSPS) is 18.8. The summed E-state index contributed by atoms with van der Waals surface area (Å²) in [6.45, 7) is 1.84. The van der Waals surface area contributed by atoms with Crippen LogP contribution in [0.15, 0.2) is 34.7 Å². The van der Waals surface area contributed by atoms with Gasteiger partial charge < -0.3 is 14.8 Å². The first-order valence-corrected chi connectivity index (χ1v) is 7.55. The molecule has 0 bridgehead atoms. The van der Waals surface area contributed by atoms with E-state index in [1.54, 1.807) is 6.92 Å². The Balaban J connectivity index is 1.69. The summed E-state index contributed by atoms with van der Waals surface area (Å²) in [5, 5.41) is 14.4. The lowest BCUT2D eigenvalue weighted by molar-refractivity contribution is -0.126. The average molecular weight is 287 g/mol. The number of furan rings is 1. The van der Waals surface area contributed by atoms with E-state index in [-0.39, 0.29) is 18.4 Å². The quantitative estimate of drug-likeness (QED) is 0.908. The SMILES string of the molecule is C[C@](O)(CNC(=O)C1CCCC1)c1cc2ccccc2o1. The second-order valence-corrected chi connectivity index (χ2v) is 6.12. The highest BCUT2D eigenvalue weighted by molar-refractivity contribution is 5.79. The van der Waals surface area contributed by atoms with Gasteiger partial charge in [-0.05, 0) is 31.9 Å². The lowest BCUT2D eigenvalue weighted by Gasteiger charge is -2.22. The molecule has 21 heavy (non-hydrogen) atoms. The summed E-state index contributed by atoms with van der Waals surface area (Å²) in [6.07, 6.45) is 4.16. The van der Waals surface area contributed by atoms with Crippen LogP contribution in [0.25, 0.3) is 11.0 Å². The van der Waals surface area contributed by atoms with Crippen molar-refractivity contribution >= 4 is 16.9 Å². The number of benzene rings is 1. The lowest BCUT2D eigenvalue weighted by Crippen LogP contribution is -2.40. The number of hydrogen-bond donors (Lipinski definition) is 2. The number of nitrogens with one attached hydrogen (secondary N) is 1. The maximum absolute atomic E-state index is 12.0. The molecule has 1 aliphatic rings. The van der Waals surface area contributed by atoms with Gasteiger partial charge in [-0.25, -0.2) is 0 Å². The molecule has 1 heterocycles. The van der Waals surface area contributed by atoms with Gasteiger partial charge in [0.1, 0.15) is 16.9 Å². The second kappa shape index (κ2) is 5.53. The van der Waals surface area contributed by atoms with Gasteiger partial charge in [-0.3, -0.25) is 4.79 Å². The molecule has 1 aromatic heterocycles. The standard InChI is InChI=1S/C17H21NO3/c1-17(20,11-18-16(19)12-6-2-3-7-12)15-10-13-8-4-5-9-14(13)21-15/h4-5,8-10,12,20H,2-3,6-7,11H2,1H3,(H,18,19)/t17-/m0/s1. The molecule has 2 N–H and O–H groups in total. The van der Waals surface area contributed by atoms with Crippen LogP contribution in [0.4, 0.5) is 0 Å². The molecule has 2 aromatic rings. The van der Waals surface area contributed by atoms with E-state index < -0.39 is 5.60 Å². The molecular weight excluding hydrogens is 266 g/mol. The topological polar surface area (TPSA) is 62.5 Å². The highest BCUT2D eigenvalue weighted by Crippen LogP contribution is 2.28. The fourth-order valence-corrected chi connectivity index (χ4v) is 2.93. The van der Waals surface area contributed by atoms with Crippen LogP contribution >= 0.6 is 0 Å². The summed E-state index contributed by atoms with van der Waals surface area (Å²) in [5.41, 5.74) is -0.456. The molecule has 1 atom stereocenters. The third-order valence-electron chi connectivity index (χ3n) is 4.29. The number of hydrogen-bond acceptors (Lipinski definition) is 3. The first-order valence-electron chi connectivity index (χ1n) is 7.55. The van der Waals surface area contributed by atoms with Gasteiger partial charge >= 0.3 is 0 Å². The molecule has 1 amide bonds. The van der Waals surface area contributed by atoms with Crippen LogP contribution in [0.3, 0.4) is 0 Å². The molecule has 4 nitrogen and oxygen atoms in total. The Morgan fingerprint density at radius 3 is 2.81 bits per heavy atom. The fourth-order valence-electron chi connectivity index (χ4n) is 2.93. The smallest absolute Gasteiger partial charge is 0.223 e. The van der Waals surface area contributed by atoms with Crippen LogP contribution in [0.5, 0.6) is 0 Å². The van der Waals surface area contributed by atoms with Crippen molar-refractivity contribution in [1.82, 2.24) is 5.32 Å². The minimum absolute atomic E-state index is 0.0453. The van der Waals surface area contributed by atoms with E-state index in [1.807, 2.05) is 30.3 Å². The number of aliphatic hydroxyl groups is 1. The molecule has 0 spiro atoms. The Morgan fingerprint density at radius 2 is 2.10 bits per heavy atom. The van der Waals surface area contributed by atoms with E-state index in [0.29, 0.717) is 5.76 Å². The molecule has 3 rings (SSSR count). The second-order valence-electron chi connectivity index (χ2n) is 6.12. The highest BCUT2D eigenvalue weighted by Gasteiger charge is 2.30. The van der Waals surface area contributed by atoms with Crippen molar-refractivity contribution in [1.29, 1.82) is 0 Å². The predicted octanol–water partition coefficient (Wildman–Crippen LogP) is 2.95. The highest BCUT2D eigenvalue weighted by atomic mass is 16.4. The molecule has 1 fully saturated rings. The van der Waals surface area contributed by atoms with Crippen molar-refractivity contribution in [3.63, 3.8) is 0 Å². The Labute approximate surface area is 124 Å². The molecule has 0 unspecified atom stereocenters. The van der Waals surface area contributed by atoms with Crippen molar-refractivity contribution in [2.45, 2.75) is 38.2 Å². The van der Waals surface area contributed by atoms with Gasteiger partial charge in [0.05, 0.1) is 6.54 Å². The van der Waals surface area contributed by atoms with Crippen LogP contribution in [0.2, 0.25) is 0 Å². The molecule has 112 valence electrons. The van der Waals surface area contributed by atoms with Gasteiger partial charge in [-0.2, -0.15) is 0 Å². The van der Waals surface area contributed by atoms with Crippen molar-refractivity contribution in [3.8, 4) is 0 Å². The number of amides is 1. The summed E-state index contributed by atoms with van der Waals surface area (Å²) in [4.78, 5) is 12.0. The first-order chi connectivity index (χ1) is 10.1.